The van der Waals surface area contributed by atoms with E-state index in [9.17, 15) is 19.1 Å². The Balaban J connectivity index is 2.33. The first kappa shape index (κ1) is 13.5. The second-order valence-corrected chi connectivity index (χ2v) is 4.88. The lowest BCUT2D eigenvalue weighted by Gasteiger charge is -2.41. The van der Waals surface area contributed by atoms with E-state index in [2.05, 4.69) is 4.98 Å². The number of rotatable bonds is 2. The molecule has 1 aromatic heterocycles. The third kappa shape index (κ3) is 2.43. The Morgan fingerprint density at radius 3 is 2.79 bits per heavy atom. The van der Waals surface area contributed by atoms with E-state index < -0.39 is 23.2 Å². The maximum absolute atomic E-state index is 13.1. The van der Waals surface area contributed by atoms with Crippen molar-refractivity contribution in [3.8, 4) is 0 Å². The number of carboxylic acids is 1. The molecule has 1 aromatic rings. The standard InChI is InChI=1S/C13H15FN2O3/c1-13(12(18)19)4-2-3-5-16(13)11(17)9-6-10(14)8-15-7-9/h6-8H,2-5H2,1H3,(H,18,19). The number of amides is 1. The Labute approximate surface area is 110 Å². The van der Waals surface area contributed by atoms with Gasteiger partial charge in [-0.15, -0.1) is 0 Å². The van der Waals surface area contributed by atoms with Gasteiger partial charge >= 0.3 is 5.97 Å². The molecule has 0 bridgehead atoms. The molecule has 1 atom stereocenters. The zero-order chi connectivity index (χ0) is 14.0. The minimum absolute atomic E-state index is 0.0781. The molecule has 19 heavy (non-hydrogen) atoms. The summed E-state index contributed by atoms with van der Waals surface area (Å²) < 4.78 is 13.1. The fourth-order valence-corrected chi connectivity index (χ4v) is 2.35. The Morgan fingerprint density at radius 1 is 1.42 bits per heavy atom. The quantitative estimate of drug-likeness (QED) is 0.884. The maximum Gasteiger partial charge on any atom is 0.329 e. The lowest BCUT2D eigenvalue weighted by molar-refractivity contribution is -0.150. The molecule has 0 aliphatic carbocycles. The largest absolute Gasteiger partial charge is 0.480 e. The highest BCUT2D eigenvalue weighted by molar-refractivity contribution is 5.97. The predicted octanol–water partition coefficient (Wildman–Crippen LogP) is 1.69. The van der Waals surface area contributed by atoms with Crippen LogP contribution in [0.5, 0.6) is 0 Å². The molecule has 102 valence electrons. The van der Waals surface area contributed by atoms with E-state index in [1.165, 1.54) is 18.0 Å². The van der Waals surface area contributed by atoms with Crippen molar-refractivity contribution in [2.24, 2.45) is 0 Å². The first-order valence-electron chi connectivity index (χ1n) is 6.11. The van der Waals surface area contributed by atoms with Crippen molar-refractivity contribution < 1.29 is 19.1 Å². The summed E-state index contributed by atoms with van der Waals surface area (Å²) in [5, 5.41) is 9.33. The Bertz CT molecular complexity index is 520. The number of carbonyl (C=O) groups is 2. The van der Waals surface area contributed by atoms with Gasteiger partial charge in [-0.2, -0.15) is 0 Å². The lowest BCUT2D eigenvalue weighted by atomic mass is 9.88. The summed E-state index contributed by atoms with van der Waals surface area (Å²) in [4.78, 5) is 28.7. The van der Waals surface area contributed by atoms with Crippen molar-refractivity contribution in [1.29, 1.82) is 0 Å². The highest BCUT2D eigenvalue weighted by atomic mass is 19.1. The van der Waals surface area contributed by atoms with Gasteiger partial charge in [-0.3, -0.25) is 9.78 Å². The van der Waals surface area contributed by atoms with Gasteiger partial charge in [-0.1, -0.05) is 0 Å². The number of nitrogens with zero attached hydrogens (tertiary/aromatic N) is 2. The molecule has 2 rings (SSSR count). The number of aromatic nitrogens is 1. The number of carbonyl (C=O) groups excluding carboxylic acids is 1. The van der Waals surface area contributed by atoms with Gasteiger partial charge in [0.25, 0.3) is 5.91 Å². The number of likely N-dealkylation sites (tertiary alicyclic amines) is 1. The zero-order valence-corrected chi connectivity index (χ0v) is 10.6. The van der Waals surface area contributed by atoms with Crippen LogP contribution in [0.4, 0.5) is 4.39 Å². The fourth-order valence-electron chi connectivity index (χ4n) is 2.35. The highest BCUT2D eigenvalue weighted by Crippen LogP contribution is 2.29. The third-order valence-corrected chi connectivity index (χ3v) is 3.55. The minimum Gasteiger partial charge on any atom is -0.480 e. The maximum atomic E-state index is 13.1. The number of hydrogen-bond donors (Lipinski definition) is 1. The number of pyridine rings is 1. The van der Waals surface area contributed by atoms with Crippen molar-refractivity contribution >= 4 is 11.9 Å². The van der Waals surface area contributed by atoms with E-state index >= 15 is 0 Å². The van der Waals surface area contributed by atoms with Crippen LogP contribution in [0.3, 0.4) is 0 Å². The number of hydrogen-bond acceptors (Lipinski definition) is 3. The molecule has 1 aliphatic heterocycles. The molecule has 1 N–H and O–H groups in total. The van der Waals surface area contributed by atoms with Crippen LogP contribution >= 0.6 is 0 Å². The second kappa shape index (κ2) is 4.95. The highest BCUT2D eigenvalue weighted by Gasteiger charge is 2.44. The van der Waals surface area contributed by atoms with Crippen LogP contribution in [0.2, 0.25) is 0 Å². The molecular weight excluding hydrogens is 251 g/mol. The van der Waals surface area contributed by atoms with Gasteiger partial charge in [-0.05, 0) is 32.3 Å². The average Bonchev–Trinajstić information content (AvgIpc) is 2.38. The molecule has 1 fully saturated rings. The normalized spacial score (nSPS) is 23.2. The van der Waals surface area contributed by atoms with Crippen LogP contribution in [-0.4, -0.2) is 39.0 Å². The summed E-state index contributed by atoms with van der Waals surface area (Å²) in [5.41, 5.74) is -1.16. The van der Waals surface area contributed by atoms with E-state index in [4.69, 9.17) is 0 Å². The van der Waals surface area contributed by atoms with Gasteiger partial charge in [0.15, 0.2) is 0 Å². The fraction of sp³-hybridized carbons (Fsp3) is 0.462. The Kier molecular flexibility index (Phi) is 3.50. The summed E-state index contributed by atoms with van der Waals surface area (Å²) in [6, 6.07) is 1.08. The Hall–Kier alpha value is -1.98. The molecule has 2 heterocycles. The lowest BCUT2D eigenvalue weighted by Crippen LogP contribution is -2.57. The van der Waals surface area contributed by atoms with Crippen LogP contribution in [-0.2, 0) is 4.79 Å². The van der Waals surface area contributed by atoms with Crippen molar-refractivity contribution in [3.05, 3.63) is 29.8 Å². The number of piperidine rings is 1. The molecule has 0 saturated carbocycles. The van der Waals surface area contributed by atoms with Crippen LogP contribution in [0, 0.1) is 5.82 Å². The topological polar surface area (TPSA) is 70.5 Å². The molecule has 0 radical (unpaired) electrons. The van der Waals surface area contributed by atoms with Gasteiger partial charge in [-0.25, -0.2) is 9.18 Å². The van der Waals surface area contributed by atoms with E-state index in [1.807, 2.05) is 0 Å². The number of carboxylic acid groups (broad SMARTS) is 1. The van der Waals surface area contributed by atoms with Gasteiger partial charge < -0.3 is 10.0 Å². The number of aliphatic carboxylic acids is 1. The van der Waals surface area contributed by atoms with E-state index in [1.54, 1.807) is 0 Å². The van der Waals surface area contributed by atoms with Crippen molar-refractivity contribution in [1.82, 2.24) is 9.88 Å². The van der Waals surface area contributed by atoms with Crippen molar-refractivity contribution in [2.75, 3.05) is 6.54 Å². The summed E-state index contributed by atoms with van der Waals surface area (Å²) in [6.45, 7) is 1.89. The van der Waals surface area contributed by atoms with E-state index in [-0.39, 0.29) is 5.56 Å². The molecular formula is C13H15FN2O3. The van der Waals surface area contributed by atoms with Gasteiger partial charge in [0.05, 0.1) is 11.8 Å². The van der Waals surface area contributed by atoms with Gasteiger partial charge in [0.1, 0.15) is 11.4 Å². The SMILES string of the molecule is CC1(C(=O)O)CCCCN1C(=O)c1cncc(F)c1. The molecule has 0 aromatic carbocycles. The van der Waals surface area contributed by atoms with Crippen LogP contribution in [0.25, 0.3) is 0 Å². The molecule has 6 heteroatoms. The third-order valence-electron chi connectivity index (χ3n) is 3.55. The molecule has 1 unspecified atom stereocenters. The minimum atomic E-state index is -1.23. The van der Waals surface area contributed by atoms with E-state index in [0.717, 1.165) is 25.1 Å². The molecule has 0 spiro atoms. The Morgan fingerprint density at radius 2 is 2.16 bits per heavy atom. The van der Waals surface area contributed by atoms with Crippen LogP contribution < -0.4 is 0 Å². The first-order chi connectivity index (χ1) is 8.95. The van der Waals surface area contributed by atoms with Gasteiger partial charge in [0, 0.05) is 12.7 Å². The van der Waals surface area contributed by atoms with E-state index in [0.29, 0.717) is 13.0 Å². The monoisotopic (exact) mass is 266 g/mol. The summed E-state index contributed by atoms with van der Waals surface area (Å²) >= 11 is 0. The van der Waals surface area contributed by atoms with Gasteiger partial charge in [0.2, 0.25) is 0 Å². The van der Waals surface area contributed by atoms with Crippen LogP contribution in [0.1, 0.15) is 36.5 Å². The summed E-state index contributed by atoms with van der Waals surface area (Å²) in [7, 11) is 0. The first-order valence-corrected chi connectivity index (χ1v) is 6.11. The molecule has 1 saturated heterocycles. The zero-order valence-electron chi connectivity index (χ0n) is 10.6. The molecule has 5 nitrogen and oxygen atoms in total. The van der Waals surface area contributed by atoms with Crippen LogP contribution in [0.15, 0.2) is 18.5 Å². The summed E-state index contributed by atoms with van der Waals surface area (Å²) in [6.07, 6.45) is 4.16. The smallest absolute Gasteiger partial charge is 0.329 e. The average molecular weight is 266 g/mol. The predicted molar refractivity (Wildman–Crippen MR) is 65.1 cm³/mol. The molecule has 1 amide bonds. The van der Waals surface area contributed by atoms with Crippen molar-refractivity contribution in [3.63, 3.8) is 0 Å². The second-order valence-electron chi connectivity index (χ2n) is 4.88. The summed E-state index contributed by atoms with van der Waals surface area (Å²) in [5.74, 6) is -2.14. The number of halogens is 1. The molecule has 1 aliphatic rings. The van der Waals surface area contributed by atoms with Crippen molar-refractivity contribution in [2.45, 2.75) is 31.7 Å².